The van der Waals surface area contributed by atoms with E-state index in [1.165, 1.54) is 0 Å². The van der Waals surface area contributed by atoms with Crippen LogP contribution in [0.25, 0.3) is 0 Å². The van der Waals surface area contributed by atoms with Gasteiger partial charge in [0.25, 0.3) is 0 Å². The van der Waals surface area contributed by atoms with Crippen molar-refractivity contribution in [1.82, 2.24) is 4.72 Å². The van der Waals surface area contributed by atoms with Crippen molar-refractivity contribution in [1.29, 1.82) is 0 Å². The maximum Gasteiger partial charge on any atom is 0.216 e. The molecule has 0 heterocycles. The number of nitrogens with two attached hydrogens (primary N) is 1. The van der Waals surface area contributed by atoms with Gasteiger partial charge >= 0.3 is 0 Å². The van der Waals surface area contributed by atoms with Gasteiger partial charge in [-0.3, -0.25) is 0 Å². The average Bonchev–Trinajstić information content (AvgIpc) is 2.17. The topological polar surface area (TPSA) is 72.2 Å². The Hall–Kier alpha value is -0.910. The molecule has 0 amide bonds. The summed E-state index contributed by atoms with van der Waals surface area (Å²) in [6.07, 6.45) is 0. The molecule has 0 aliphatic heterocycles. The van der Waals surface area contributed by atoms with E-state index in [-0.39, 0.29) is 11.8 Å². The monoisotopic (exact) mass is 228 g/mol. The first-order chi connectivity index (χ1) is 7.03. The zero-order valence-corrected chi connectivity index (χ0v) is 9.50. The van der Waals surface area contributed by atoms with Crippen molar-refractivity contribution in [2.45, 2.75) is 18.7 Å². The minimum atomic E-state index is -3.28. The summed E-state index contributed by atoms with van der Waals surface area (Å²) in [5, 5.41) is 0. The molecule has 4 nitrogen and oxygen atoms in total. The maximum absolute atomic E-state index is 11.6. The molecule has 3 N–H and O–H groups in total. The fourth-order valence-electron chi connectivity index (χ4n) is 1.19. The molecule has 0 bridgehead atoms. The standard InChI is InChI=1S/C10H16N2O2S/c1-9(7-11)12-15(13,14)8-10-5-3-2-4-6-10/h2-6,9,12H,7-8,11H2,1H3/t9-/m1/s1. The lowest BCUT2D eigenvalue weighted by molar-refractivity contribution is 0.562. The Balaban J connectivity index is 2.65. The third-order valence-corrected chi connectivity index (χ3v) is 3.41. The molecule has 1 aromatic carbocycles. The summed E-state index contributed by atoms with van der Waals surface area (Å²) >= 11 is 0. The third-order valence-electron chi connectivity index (χ3n) is 1.93. The van der Waals surface area contributed by atoms with Gasteiger partial charge in [-0.2, -0.15) is 0 Å². The highest BCUT2D eigenvalue weighted by molar-refractivity contribution is 7.88. The van der Waals surface area contributed by atoms with Crippen LogP contribution in [0.5, 0.6) is 0 Å². The zero-order chi connectivity index (χ0) is 11.3. The van der Waals surface area contributed by atoms with Crippen molar-refractivity contribution in [3.8, 4) is 0 Å². The van der Waals surface area contributed by atoms with Crippen LogP contribution in [-0.4, -0.2) is 21.0 Å². The number of hydrogen-bond acceptors (Lipinski definition) is 3. The first kappa shape index (κ1) is 12.2. The van der Waals surface area contributed by atoms with Gasteiger partial charge < -0.3 is 5.73 Å². The SMILES string of the molecule is C[C@H](CN)NS(=O)(=O)Cc1ccccc1. The predicted octanol–water partition coefficient (Wildman–Crippen LogP) is 0.453. The molecule has 0 aromatic heterocycles. The molecule has 0 saturated heterocycles. The van der Waals surface area contributed by atoms with Crippen molar-refractivity contribution in [3.63, 3.8) is 0 Å². The smallest absolute Gasteiger partial charge is 0.216 e. The van der Waals surface area contributed by atoms with Crippen molar-refractivity contribution in [3.05, 3.63) is 35.9 Å². The molecule has 0 unspecified atom stereocenters. The van der Waals surface area contributed by atoms with E-state index in [1.807, 2.05) is 18.2 Å². The normalized spacial score (nSPS) is 13.7. The van der Waals surface area contributed by atoms with Gasteiger partial charge in [0.1, 0.15) is 0 Å². The second kappa shape index (κ2) is 5.25. The van der Waals surface area contributed by atoms with Crippen LogP contribution in [-0.2, 0) is 15.8 Å². The van der Waals surface area contributed by atoms with Gasteiger partial charge in [-0.15, -0.1) is 0 Å². The molecule has 0 fully saturated rings. The van der Waals surface area contributed by atoms with E-state index < -0.39 is 10.0 Å². The number of rotatable bonds is 5. The lowest BCUT2D eigenvalue weighted by Crippen LogP contribution is -2.38. The van der Waals surface area contributed by atoms with Crippen LogP contribution in [0.3, 0.4) is 0 Å². The Labute approximate surface area is 90.5 Å². The lowest BCUT2D eigenvalue weighted by atomic mass is 10.2. The van der Waals surface area contributed by atoms with Gasteiger partial charge in [-0.1, -0.05) is 30.3 Å². The molecule has 0 aliphatic carbocycles. The quantitative estimate of drug-likeness (QED) is 0.768. The second-order valence-electron chi connectivity index (χ2n) is 3.50. The number of hydrogen-bond donors (Lipinski definition) is 2. The largest absolute Gasteiger partial charge is 0.329 e. The highest BCUT2D eigenvalue weighted by atomic mass is 32.2. The van der Waals surface area contributed by atoms with Crippen LogP contribution in [0.2, 0.25) is 0 Å². The highest BCUT2D eigenvalue weighted by Crippen LogP contribution is 2.04. The summed E-state index contributed by atoms with van der Waals surface area (Å²) in [5.41, 5.74) is 6.12. The Morgan fingerprint density at radius 1 is 1.33 bits per heavy atom. The first-order valence-corrected chi connectivity index (χ1v) is 6.43. The fourth-order valence-corrected chi connectivity index (χ4v) is 2.61. The molecular formula is C10H16N2O2S. The highest BCUT2D eigenvalue weighted by Gasteiger charge is 2.13. The fraction of sp³-hybridized carbons (Fsp3) is 0.400. The van der Waals surface area contributed by atoms with Crippen molar-refractivity contribution < 1.29 is 8.42 Å². The van der Waals surface area contributed by atoms with E-state index in [2.05, 4.69) is 4.72 Å². The molecule has 0 saturated carbocycles. The maximum atomic E-state index is 11.6. The van der Waals surface area contributed by atoms with Crippen LogP contribution in [0.15, 0.2) is 30.3 Å². The molecule has 5 heteroatoms. The molecule has 84 valence electrons. The van der Waals surface area contributed by atoms with E-state index >= 15 is 0 Å². The van der Waals surface area contributed by atoms with Crippen LogP contribution in [0.1, 0.15) is 12.5 Å². The minimum Gasteiger partial charge on any atom is -0.329 e. The summed E-state index contributed by atoms with van der Waals surface area (Å²) in [6, 6.07) is 8.83. The molecule has 0 spiro atoms. The van der Waals surface area contributed by atoms with E-state index in [9.17, 15) is 8.42 Å². The van der Waals surface area contributed by atoms with Gasteiger partial charge in [0, 0.05) is 12.6 Å². The molecule has 0 radical (unpaired) electrons. The van der Waals surface area contributed by atoms with E-state index in [0.29, 0.717) is 6.54 Å². The van der Waals surface area contributed by atoms with E-state index in [0.717, 1.165) is 5.56 Å². The number of nitrogens with one attached hydrogen (secondary N) is 1. The molecule has 15 heavy (non-hydrogen) atoms. The van der Waals surface area contributed by atoms with E-state index in [4.69, 9.17) is 5.73 Å². The van der Waals surface area contributed by atoms with Gasteiger partial charge in [0.2, 0.25) is 10.0 Å². The van der Waals surface area contributed by atoms with Gasteiger partial charge in [0.15, 0.2) is 0 Å². The van der Waals surface area contributed by atoms with Crippen molar-refractivity contribution in [2.24, 2.45) is 5.73 Å². The van der Waals surface area contributed by atoms with Gasteiger partial charge in [-0.25, -0.2) is 13.1 Å². The summed E-state index contributed by atoms with van der Waals surface area (Å²) in [6.45, 7) is 2.04. The Bertz CT molecular complexity index is 389. The minimum absolute atomic E-state index is 0.00181. The third kappa shape index (κ3) is 4.42. The summed E-state index contributed by atoms with van der Waals surface area (Å²) in [7, 11) is -3.28. The summed E-state index contributed by atoms with van der Waals surface area (Å²) in [4.78, 5) is 0. The molecule has 1 atom stereocenters. The van der Waals surface area contributed by atoms with Crippen molar-refractivity contribution >= 4 is 10.0 Å². The number of sulfonamides is 1. The number of benzene rings is 1. The molecular weight excluding hydrogens is 212 g/mol. The van der Waals surface area contributed by atoms with Crippen LogP contribution >= 0.6 is 0 Å². The van der Waals surface area contributed by atoms with Crippen LogP contribution in [0, 0.1) is 0 Å². The average molecular weight is 228 g/mol. The van der Waals surface area contributed by atoms with Crippen LogP contribution in [0.4, 0.5) is 0 Å². The predicted molar refractivity (Wildman–Crippen MR) is 60.7 cm³/mol. The van der Waals surface area contributed by atoms with Crippen molar-refractivity contribution in [2.75, 3.05) is 6.54 Å². The Morgan fingerprint density at radius 3 is 2.47 bits per heavy atom. The Kier molecular flexibility index (Phi) is 4.26. The molecule has 1 rings (SSSR count). The van der Waals surface area contributed by atoms with Gasteiger partial charge in [0.05, 0.1) is 5.75 Å². The van der Waals surface area contributed by atoms with Crippen LogP contribution < -0.4 is 10.5 Å². The summed E-state index contributed by atoms with van der Waals surface area (Å²) in [5.74, 6) is -0.00181. The Morgan fingerprint density at radius 2 is 1.93 bits per heavy atom. The lowest BCUT2D eigenvalue weighted by Gasteiger charge is -2.11. The molecule has 1 aromatic rings. The second-order valence-corrected chi connectivity index (χ2v) is 5.25. The first-order valence-electron chi connectivity index (χ1n) is 4.77. The van der Waals surface area contributed by atoms with Gasteiger partial charge in [-0.05, 0) is 12.5 Å². The summed E-state index contributed by atoms with van der Waals surface area (Å²) < 4.78 is 25.7. The van der Waals surface area contributed by atoms with E-state index in [1.54, 1.807) is 19.1 Å². The zero-order valence-electron chi connectivity index (χ0n) is 8.68. The molecule has 0 aliphatic rings.